The summed E-state index contributed by atoms with van der Waals surface area (Å²) in [5.74, 6) is -0.430. The van der Waals surface area contributed by atoms with E-state index in [4.69, 9.17) is 42.6 Å². The first-order valence-corrected chi connectivity index (χ1v) is 7.09. The molecule has 0 bridgehead atoms. The molecule has 0 N–H and O–H groups in total. The van der Waals surface area contributed by atoms with Crippen molar-refractivity contribution in [3.8, 4) is 0 Å². The summed E-state index contributed by atoms with van der Waals surface area (Å²) < 4.78 is 53.5. The van der Waals surface area contributed by atoms with Gasteiger partial charge in [0.1, 0.15) is 6.79 Å². The van der Waals surface area contributed by atoms with E-state index in [9.17, 15) is 4.79 Å². The molecule has 12 heteroatoms. The Hall–Kier alpha value is -0.930. The first-order valence-electron chi connectivity index (χ1n) is 7.09. The zero-order valence-electron chi connectivity index (χ0n) is 14.5. The molecule has 0 rings (SSSR count). The van der Waals surface area contributed by atoms with Crippen LogP contribution < -0.4 is 0 Å². The zero-order chi connectivity index (χ0) is 18.4. The number of hydrogen-bond acceptors (Lipinski definition) is 12. The second kappa shape index (κ2) is 21.1. The van der Waals surface area contributed by atoms with Gasteiger partial charge in [-0.25, -0.2) is 0 Å². The van der Waals surface area contributed by atoms with Crippen LogP contribution in [-0.4, -0.2) is 81.0 Å². The number of hydrogen-bond donors (Lipinski definition) is 0. The van der Waals surface area contributed by atoms with Gasteiger partial charge >= 0.3 is 5.97 Å². The molecule has 12 nitrogen and oxygen atoms in total. The molecule has 0 aliphatic heterocycles. The summed E-state index contributed by atoms with van der Waals surface area (Å²) in [6.45, 7) is 1.18. The zero-order valence-corrected chi connectivity index (χ0v) is 14.5. The highest BCUT2D eigenvalue weighted by molar-refractivity contribution is 5.65. The predicted molar refractivity (Wildman–Crippen MR) is 77.2 cm³/mol. The molecule has 0 atom stereocenters. The van der Waals surface area contributed by atoms with Gasteiger partial charge in [-0.2, -0.15) is 0 Å². The summed E-state index contributed by atoms with van der Waals surface area (Å²) in [7, 11) is 1.51. The predicted octanol–water partition coefficient (Wildman–Crippen LogP) is -0.0797. The average molecular weight is 374 g/mol. The van der Waals surface area contributed by atoms with Crippen LogP contribution in [0.1, 0.15) is 6.92 Å². The van der Waals surface area contributed by atoms with E-state index in [-0.39, 0.29) is 67.9 Å². The molecule has 0 spiro atoms. The third kappa shape index (κ3) is 23.1. The maximum atomic E-state index is 10.4. The minimum atomic E-state index is -0.430. The van der Waals surface area contributed by atoms with Crippen molar-refractivity contribution < 1.29 is 56.9 Å². The molecule has 0 amide bonds. The van der Waals surface area contributed by atoms with E-state index in [2.05, 4.69) is 9.47 Å². The maximum absolute atomic E-state index is 10.4. The number of ether oxygens (including phenoxy) is 11. The van der Waals surface area contributed by atoms with Crippen molar-refractivity contribution in [2.75, 3.05) is 75.0 Å². The lowest BCUT2D eigenvalue weighted by molar-refractivity contribution is -0.231. The lowest BCUT2D eigenvalue weighted by atomic mass is 10.8. The van der Waals surface area contributed by atoms with Crippen LogP contribution in [0.4, 0.5) is 0 Å². The van der Waals surface area contributed by atoms with Gasteiger partial charge in [-0.05, 0) is 0 Å². The van der Waals surface area contributed by atoms with Crippen molar-refractivity contribution in [1.29, 1.82) is 0 Å². The fourth-order valence-electron chi connectivity index (χ4n) is 0.986. The molecule has 0 saturated heterocycles. The molecule has 0 aromatic rings. The van der Waals surface area contributed by atoms with Gasteiger partial charge in [0.15, 0.2) is 61.1 Å². The van der Waals surface area contributed by atoms with Gasteiger partial charge < -0.3 is 52.1 Å². The molecule has 0 aliphatic carbocycles. The van der Waals surface area contributed by atoms with Gasteiger partial charge in [0.2, 0.25) is 0 Å². The quantitative estimate of drug-likeness (QED) is 0.161. The van der Waals surface area contributed by atoms with Crippen molar-refractivity contribution >= 4 is 5.97 Å². The molecule has 25 heavy (non-hydrogen) atoms. The summed E-state index contributed by atoms with van der Waals surface area (Å²) in [5, 5.41) is 0. The van der Waals surface area contributed by atoms with E-state index >= 15 is 0 Å². The summed E-state index contributed by atoms with van der Waals surface area (Å²) in [6.07, 6.45) is 0. The van der Waals surface area contributed by atoms with Crippen LogP contribution in [0.5, 0.6) is 0 Å². The van der Waals surface area contributed by atoms with E-state index in [1.807, 2.05) is 0 Å². The Balaban J connectivity index is 2.97. The first-order chi connectivity index (χ1) is 12.3. The molecular weight excluding hydrogens is 348 g/mol. The molecule has 150 valence electrons. The molecule has 0 unspecified atom stereocenters. The molecule has 0 aliphatic rings. The average Bonchev–Trinajstić information content (AvgIpc) is 2.60. The van der Waals surface area contributed by atoms with Crippen molar-refractivity contribution in [1.82, 2.24) is 0 Å². The highest BCUT2D eigenvalue weighted by Crippen LogP contribution is 1.87. The fraction of sp³-hybridized carbons (Fsp3) is 0.923. The number of methoxy groups -OCH3 is 1. The number of carbonyl (C=O) groups is 1. The Kier molecular flexibility index (Phi) is 20.3. The van der Waals surface area contributed by atoms with Gasteiger partial charge in [0.25, 0.3) is 0 Å². The van der Waals surface area contributed by atoms with Crippen molar-refractivity contribution in [2.24, 2.45) is 0 Å². The highest BCUT2D eigenvalue weighted by Gasteiger charge is 1.94. The second-order valence-electron chi connectivity index (χ2n) is 3.94. The van der Waals surface area contributed by atoms with Crippen LogP contribution >= 0.6 is 0 Å². The van der Waals surface area contributed by atoms with E-state index in [0.717, 1.165) is 0 Å². The Morgan fingerprint density at radius 2 is 0.800 bits per heavy atom. The molecule has 0 saturated carbocycles. The topological polar surface area (TPSA) is 119 Å². The van der Waals surface area contributed by atoms with Crippen LogP contribution in [0.3, 0.4) is 0 Å². The maximum Gasteiger partial charge on any atom is 0.304 e. The van der Waals surface area contributed by atoms with E-state index in [1.54, 1.807) is 0 Å². The Bertz CT molecular complexity index is 278. The number of carbonyl (C=O) groups excluding carboxylic acids is 1. The molecule has 0 aromatic heterocycles. The summed E-state index contributed by atoms with van der Waals surface area (Å²) >= 11 is 0. The van der Waals surface area contributed by atoms with E-state index in [0.29, 0.717) is 0 Å². The standard InChI is InChI=1S/C13H26O12/c1-13(14)25-12-24-11-23-10-22-9-21-8-20-7-19-6-18-5-17-4-16-3-15-2/h3-12H2,1-2H3. The third-order valence-electron chi connectivity index (χ3n) is 1.88. The van der Waals surface area contributed by atoms with Crippen molar-refractivity contribution in [2.45, 2.75) is 6.92 Å². The SMILES string of the molecule is COCOCOCOCOCOCOCOCOCOCOC(C)=O. The molecule has 0 aromatic carbocycles. The Morgan fingerprint density at radius 3 is 1.08 bits per heavy atom. The minimum Gasteiger partial charge on any atom is -0.439 e. The highest BCUT2D eigenvalue weighted by atomic mass is 16.8. The van der Waals surface area contributed by atoms with Crippen LogP contribution in [0.2, 0.25) is 0 Å². The summed E-state index contributed by atoms with van der Waals surface area (Å²) in [4.78, 5) is 10.4. The van der Waals surface area contributed by atoms with E-state index in [1.165, 1.54) is 14.0 Å². The van der Waals surface area contributed by atoms with Gasteiger partial charge in [-0.1, -0.05) is 0 Å². The van der Waals surface area contributed by atoms with Crippen molar-refractivity contribution in [3.63, 3.8) is 0 Å². The molecule has 0 radical (unpaired) electrons. The lowest BCUT2D eigenvalue weighted by Gasteiger charge is -2.09. The molecular formula is C13H26O12. The number of rotatable bonds is 20. The largest absolute Gasteiger partial charge is 0.439 e. The molecule has 0 heterocycles. The molecule has 0 fully saturated rings. The number of esters is 1. The van der Waals surface area contributed by atoms with Crippen LogP contribution in [-0.2, 0) is 56.9 Å². The fourth-order valence-corrected chi connectivity index (χ4v) is 0.986. The Morgan fingerprint density at radius 1 is 0.520 bits per heavy atom. The normalized spacial score (nSPS) is 11.0. The first kappa shape index (κ1) is 24.1. The van der Waals surface area contributed by atoms with Gasteiger partial charge in [-0.15, -0.1) is 0 Å². The van der Waals surface area contributed by atoms with Gasteiger partial charge in [0.05, 0.1) is 0 Å². The third-order valence-corrected chi connectivity index (χ3v) is 1.88. The van der Waals surface area contributed by atoms with E-state index < -0.39 is 5.97 Å². The van der Waals surface area contributed by atoms with Gasteiger partial charge in [0, 0.05) is 14.0 Å². The van der Waals surface area contributed by atoms with Crippen LogP contribution in [0.15, 0.2) is 0 Å². The lowest BCUT2D eigenvalue weighted by Crippen LogP contribution is -2.12. The van der Waals surface area contributed by atoms with Crippen LogP contribution in [0.25, 0.3) is 0 Å². The Labute approximate surface area is 146 Å². The second-order valence-corrected chi connectivity index (χ2v) is 3.94. The van der Waals surface area contributed by atoms with Gasteiger partial charge in [-0.3, -0.25) is 4.79 Å². The summed E-state index contributed by atoms with van der Waals surface area (Å²) in [5.41, 5.74) is 0. The monoisotopic (exact) mass is 374 g/mol. The van der Waals surface area contributed by atoms with Crippen LogP contribution in [0, 0.1) is 0 Å². The summed E-state index contributed by atoms with van der Waals surface area (Å²) in [6, 6.07) is 0. The minimum absolute atomic E-state index is 0.00194. The van der Waals surface area contributed by atoms with Crippen molar-refractivity contribution in [3.05, 3.63) is 0 Å². The smallest absolute Gasteiger partial charge is 0.304 e.